The Bertz CT molecular complexity index is 1030. The number of amides is 1. The SMILES string of the molecule is Cc1nc(CNC(=O)c2ccc3c(c2)Cc2cccc(c2)CNCCCCCO3)no1. The molecule has 0 aliphatic carbocycles. The molecule has 162 valence electrons. The van der Waals surface area contributed by atoms with Gasteiger partial charge in [0.2, 0.25) is 5.89 Å². The fraction of sp³-hybridized carbons (Fsp3) is 0.375. The number of rotatable bonds is 3. The number of carbonyl (C=O) groups is 1. The Morgan fingerprint density at radius 1 is 1.13 bits per heavy atom. The van der Waals surface area contributed by atoms with Crippen molar-refractivity contribution < 1.29 is 14.1 Å². The van der Waals surface area contributed by atoms with Gasteiger partial charge in [0.15, 0.2) is 5.82 Å². The molecule has 1 aromatic heterocycles. The number of hydrogen-bond acceptors (Lipinski definition) is 6. The van der Waals surface area contributed by atoms with E-state index < -0.39 is 0 Å². The molecular weight excluding hydrogens is 392 g/mol. The molecule has 0 saturated heterocycles. The molecule has 31 heavy (non-hydrogen) atoms. The Kier molecular flexibility index (Phi) is 6.94. The molecule has 2 aromatic carbocycles. The van der Waals surface area contributed by atoms with Crippen LogP contribution in [-0.2, 0) is 19.5 Å². The van der Waals surface area contributed by atoms with E-state index in [0.29, 0.717) is 30.3 Å². The molecule has 0 unspecified atom stereocenters. The Labute approximate surface area is 182 Å². The number of hydrogen-bond donors (Lipinski definition) is 2. The van der Waals surface area contributed by atoms with Gasteiger partial charge in [-0.2, -0.15) is 4.98 Å². The zero-order chi connectivity index (χ0) is 21.5. The first kappa shape index (κ1) is 21.1. The summed E-state index contributed by atoms with van der Waals surface area (Å²) in [6.45, 7) is 4.50. The standard InChI is InChI=1S/C24H28N4O3/c1-17-27-23(28-31-17)16-26-24(29)20-8-9-22-21(14-20)13-18-6-5-7-19(12-18)15-25-10-3-2-4-11-30-22/h5-9,12,14,25H,2-4,10-11,13,15-16H2,1H3,(H,26,29). The second-order valence-corrected chi connectivity index (χ2v) is 7.82. The van der Waals surface area contributed by atoms with Crippen LogP contribution in [0.3, 0.4) is 0 Å². The molecule has 0 atom stereocenters. The van der Waals surface area contributed by atoms with E-state index in [4.69, 9.17) is 9.26 Å². The van der Waals surface area contributed by atoms with Gasteiger partial charge < -0.3 is 19.9 Å². The molecule has 2 heterocycles. The molecule has 0 saturated carbocycles. The molecule has 0 radical (unpaired) electrons. The number of aryl methyl sites for hydroxylation is 1. The zero-order valence-electron chi connectivity index (χ0n) is 17.8. The third kappa shape index (κ3) is 5.92. The Morgan fingerprint density at radius 2 is 2.03 bits per heavy atom. The molecule has 7 nitrogen and oxygen atoms in total. The maximum absolute atomic E-state index is 12.7. The highest BCUT2D eigenvalue weighted by Crippen LogP contribution is 2.25. The predicted molar refractivity (Wildman–Crippen MR) is 117 cm³/mol. The third-order valence-corrected chi connectivity index (χ3v) is 5.27. The fourth-order valence-corrected chi connectivity index (χ4v) is 3.69. The van der Waals surface area contributed by atoms with Gasteiger partial charge in [-0.25, -0.2) is 0 Å². The van der Waals surface area contributed by atoms with Gasteiger partial charge in [0.25, 0.3) is 5.91 Å². The van der Waals surface area contributed by atoms with E-state index in [1.165, 1.54) is 11.1 Å². The molecule has 7 heteroatoms. The highest BCUT2D eigenvalue weighted by molar-refractivity contribution is 5.94. The van der Waals surface area contributed by atoms with Crippen LogP contribution in [0.1, 0.15) is 58.0 Å². The van der Waals surface area contributed by atoms with Crippen molar-refractivity contribution in [2.24, 2.45) is 0 Å². The second-order valence-electron chi connectivity index (χ2n) is 7.82. The van der Waals surface area contributed by atoms with Crippen molar-refractivity contribution in [2.75, 3.05) is 13.2 Å². The maximum atomic E-state index is 12.7. The van der Waals surface area contributed by atoms with Crippen LogP contribution in [0.5, 0.6) is 5.75 Å². The Hall–Kier alpha value is -3.19. The summed E-state index contributed by atoms with van der Waals surface area (Å²) in [6, 6.07) is 14.2. The number of nitrogens with one attached hydrogen (secondary N) is 2. The van der Waals surface area contributed by atoms with Crippen LogP contribution in [0.2, 0.25) is 0 Å². The van der Waals surface area contributed by atoms with Gasteiger partial charge >= 0.3 is 0 Å². The third-order valence-electron chi connectivity index (χ3n) is 5.27. The first-order valence-corrected chi connectivity index (χ1v) is 10.8. The van der Waals surface area contributed by atoms with Crippen molar-refractivity contribution in [3.63, 3.8) is 0 Å². The van der Waals surface area contributed by atoms with E-state index in [1.807, 2.05) is 12.1 Å². The maximum Gasteiger partial charge on any atom is 0.251 e. The molecule has 4 rings (SSSR count). The molecule has 1 aliphatic heterocycles. The van der Waals surface area contributed by atoms with E-state index in [2.05, 4.69) is 45.0 Å². The molecule has 0 spiro atoms. The monoisotopic (exact) mass is 420 g/mol. The highest BCUT2D eigenvalue weighted by atomic mass is 16.5. The number of ether oxygens (including phenoxy) is 1. The van der Waals surface area contributed by atoms with Crippen LogP contribution >= 0.6 is 0 Å². The average molecular weight is 421 g/mol. The van der Waals surface area contributed by atoms with Crippen LogP contribution in [0.15, 0.2) is 47.0 Å². The summed E-state index contributed by atoms with van der Waals surface area (Å²) in [6.07, 6.45) is 3.97. The molecule has 1 aliphatic rings. The van der Waals surface area contributed by atoms with Gasteiger partial charge in [-0.15, -0.1) is 0 Å². The van der Waals surface area contributed by atoms with Gasteiger partial charge in [-0.05, 0) is 60.7 Å². The van der Waals surface area contributed by atoms with Crippen LogP contribution in [0.25, 0.3) is 0 Å². The summed E-state index contributed by atoms with van der Waals surface area (Å²) in [5, 5.41) is 10.2. The van der Waals surface area contributed by atoms with Crippen molar-refractivity contribution in [2.45, 2.75) is 45.7 Å². The average Bonchev–Trinajstić information content (AvgIpc) is 3.19. The van der Waals surface area contributed by atoms with Crippen molar-refractivity contribution in [1.82, 2.24) is 20.8 Å². The summed E-state index contributed by atoms with van der Waals surface area (Å²) in [5.74, 6) is 1.59. The first-order valence-electron chi connectivity index (χ1n) is 10.8. The normalized spacial score (nSPS) is 14.7. The predicted octanol–water partition coefficient (Wildman–Crippen LogP) is 3.55. The molecule has 1 amide bonds. The summed E-state index contributed by atoms with van der Waals surface area (Å²) in [5.41, 5.74) is 4.05. The van der Waals surface area contributed by atoms with Crippen molar-refractivity contribution >= 4 is 5.91 Å². The lowest BCUT2D eigenvalue weighted by molar-refractivity contribution is 0.0949. The Balaban J connectivity index is 1.54. The molecule has 0 fully saturated rings. The van der Waals surface area contributed by atoms with Crippen LogP contribution in [0, 0.1) is 6.92 Å². The lowest BCUT2D eigenvalue weighted by atomic mass is 9.99. The molecule has 2 bridgehead atoms. The Morgan fingerprint density at radius 3 is 2.90 bits per heavy atom. The van der Waals surface area contributed by atoms with Crippen LogP contribution < -0.4 is 15.4 Å². The van der Waals surface area contributed by atoms with Gasteiger partial charge in [0.1, 0.15) is 5.75 Å². The summed E-state index contributed by atoms with van der Waals surface area (Å²) < 4.78 is 11.0. The van der Waals surface area contributed by atoms with E-state index >= 15 is 0 Å². The minimum Gasteiger partial charge on any atom is -0.493 e. The summed E-state index contributed by atoms with van der Waals surface area (Å²) >= 11 is 0. The van der Waals surface area contributed by atoms with Crippen molar-refractivity contribution in [1.29, 1.82) is 0 Å². The number of carbonyl (C=O) groups excluding carboxylic acids is 1. The van der Waals surface area contributed by atoms with Crippen LogP contribution in [-0.4, -0.2) is 29.2 Å². The van der Waals surface area contributed by atoms with Crippen LogP contribution in [0.4, 0.5) is 0 Å². The molecule has 3 aromatic rings. The van der Waals surface area contributed by atoms with E-state index in [9.17, 15) is 4.79 Å². The highest BCUT2D eigenvalue weighted by Gasteiger charge is 2.13. The minimum absolute atomic E-state index is 0.178. The molecular formula is C24H28N4O3. The minimum atomic E-state index is -0.178. The number of nitrogens with zero attached hydrogens (tertiary/aromatic N) is 2. The number of fused-ring (bicyclic) bond motifs is 3. The van der Waals surface area contributed by atoms with E-state index in [0.717, 1.165) is 43.7 Å². The van der Waals surface area contributed by atoms with E-state index in [1.54, 1.807) is 13.0 Å². The van der Waals surface area contributed by atoms with Gasteiger partial charge in [-0.1, -0.05) is 29.4 Å². The lowest BCUT2D eigenvalue weighted by Crippen LogP contribution is -2.23. The largest absolute Gasteiger partial charge is 0.493 e. The molecule has 2 N–H and O–H groups in total. The summed E-state index contributed by atoms with van der Waals surface area (Å²) in [4.78, 5) is 16.8. The quantitative estimate of drug-likeness (QED) is 0.674. The lowest BCUT2D eigenvalue weighted by Gasteiger charge is -2.15. The fourth-order valence-electron chi connectivity index (χ4n) is 3.69. The van der Waals surface area contributed by atoms with Gasteiger partial charge in [0.05, 0.1) is 13.2 Å². The number of benzene rings is 2. The number of aromatic nitrogens is 2. The second kappa shape index (κ2) is 10.2. The zero-order valence-corrected chi connectivity index (χ0v) is 17.8. The van der Waals surface area contributed by atoms with Crippen molar-refractivity contribution in [3.05, 3.63) is 76.4 Å². The summed E-state index contributed by atoms with van der Waals surface area (Å²) in [7, 11) is 0. The topological polar surface area (TPSA) is 89.3 Å². The smallest absolute Gasteiger partial charge is 0.251 e. The van der Waals surface area contributed by atoms with Gasteiger partial charge in [0, 0.05) is 25.5 Å². The van der Waals surface area contributed by atoms with Gasteiger partial charge in [-0.3, -0.25) is 4.79 Å². The van der Waals surface area contributed by atoms with Crippen molar-refractivity contribution in [3.8, 4) is 5.75 Å². The van der Waals surface area contributed by atoms with E-state index in [-0.39, 0.29) is 12.5 Å². The first-order chi connectivity index (χ1) is 15.2.